The van der Waals surface area contributed by atoms with Crippen LogP contribution in [-0.4, -0.2) is 42.3 Å². The highest BCUT2D eigenvalue weighted by Crippen LogP contribution is 2.29. The van der Waals surface area contributed by atoms with Gasteiger partial charge in [0.05, 0.1) is 11.2 Å². The van der Waals surface area contributed by atoms with Crippen molar-refractivity contribution in [2.24, 2.45) is 0 Å². The van der Waals surface area contributed by atoms with E-state index < -0.39 is 0 Å². The molecule has 0 radical (unpaired) electrons. The molecule has 1 saturated heterocycles. The molecule has 1 unspecified atom stereocenters. The minimum absolute atomic E-state index is 0.221. The van der Waals surface area contributed by atoms with E-state index in [0.717, 1.165) is 43.1 Å². The summed E-state index contributed by atoms with van der Waals surface area (Å²) >= 11 is 1.73. The van der Waals surface area contributed by atoms with Crippen LogP contribution in [0.4, 0.5) is 0 Å². The van der Waals surface area contributed by atoms with E-state index in [9.17, 15) is 0 Å². The number of para-hydroxylation sites is 1. The normalized spacial score (nSPS) is 21.7. The minimum Gasteiger partial charge on any atom is -0.490 e. The summed E-state index contributed by atoms with van der Waals surface area (Å²) in [5.74, 6) is 0.945. The molecule has 4 nitrogen and oxygen atoms in total. The molecular weight excluding hydrogens is 308 g/mol. The van der Waals surface area contributed by atoms with Gasteiger partial charge in [0.15, 0.2) is 0 Å². The third kappa shape index (κ3) is 3.74. The van der Waals surface area contributed by atoms with Crippen molar-refractivity contribution in [3.05, 3.63) is 45.9 Å². The molecule has 2 heterocycles. The Morgan fingerprint density at radius 1 is 1.30 bits per heavy atom. The Morgan fingerprint density at radius 3 is 2.83 bits per heavy atom. The van der Waals surface area contributed by atoms with Crippen molar-refractivity contribution in [3.63, 3.8) is 0 Å². The SMILES string of the molecule is COC1(COc2ccccc2C)CCN(Cc2scnc2C)C1. The molecule has 1 aromatic carbocycles. The molecule has 1 fully saturated rings. The Bertz CT molecular complexity index is 658. The molecule has 1 atom stereocenters. The van der Waals surface area contributed by atoms with E-state index in [1.807, 2.05) is 23.7 Å². The van der Waals surface area contributed by atoms with Crippen LogP contribution in [0.5, 0.6) is 5.75 Å². The van der Waals surface area contributed by atoms with Gasteiger partial charge in [-0.15, -0.1) is 11.3 Å². The van der Waals surface area contributed by atoms with E-state index in [2.05, 4.69) is 29.8 Å². The summed E-state index contributed by atoms with van der Waals surface area (Å²) in [6.07, 6.45) is 0.993. The third-order valence-corrected chi connectivity index (χ3v) is 5.54. The summed E-state index contributed by atoms with van der Waals surface area (Å²) in [6.45, 7) is 7.61. The first kappa shape index (κ1) is 16.4. The Balaban J connectivity index is 1.61. The second-order valence-corrected chi connectivity index (χ2v) is 7.20. The first-order valence-corrected chi connectivity index (χ1v) is 8.85. The Kier molecular flexibility index (Phi) is 4.99. The van der Waals surface area contributed by atoms with Crippen LogP contribution in [0.2, 0.25) is 0 Å². The van der Waals surface area contributed by atoms with Gasteiger partial charge in [0.2, 0.25) is 0 Å². The second kappa shape index (κ2) is 6.99. The van der Waals surface area contributed by atoms with Crippen LogP contribution in [-0.2, 0) is 11.3 Å². The van der Waals surface area contributed by atoms with Crippen LogP contribution in [0.3, 0.4) is 0 Å². The number of likely N-dealkylation sites (tertiary alicyclic amines) is 1. The van der Waals surface area contributed by atoms with Crippen molar-refractivity contribution in [2.75, 3.05) is 26.8 Å². The molecular formula is C18H24N2O2S. The lowest BCUT2D eigenvalue weighted by Gasteiger charge is -2.28. The molecule has 0 aliphatic carbocycles. The molecule has 23 heavy (non-hydrogen) atoms. The summed E-state index contributed by atoms with van der Waals surface area (Å²) in [5.41, 5.74) is 4.00. The van der Waals surface area contributed by atoms with Gasteiger partial charge in [-0.2, -0.15) is 0 Å². The zero-order chi connectivity index (χ0) is 16.3. The van der Waals surface area contributed by atoms with Crippen molar-refractivity contribution in [1.29, 1.82) is 0 Å². The summed E-state index contributed by atoms with van der Waals surface area (Å²) in [4.78, 5) is 8.12. The molecule has 1 aliphatic heterocycles. The summed E-state index contributed by atoms with van der Waals surface area (Å²) in [6, 6.07) is 8.13. The molecule has 0 bridgehead atoms. The van der Waals surface area contributed by atoms with Gasteiger partial charge in [-0.25, -0.2) is 4.98 Å². The van der Waals surface area contributed by atoms with Gasteiger partial charge in [-0.1, -0.05) is 18.2 Å². The lowest BCUT2D eigenvalue weighted by Crippen LogP contribution is -2.41. The van der Waals surface area contributed by atoms with Gasteiger partial charge >= 0.3 is 0 Å². The maximum Gasteiger partial charge on any atom is 0.122 e. The fraction of sp³-hybridized carbons (Fsp3) is 0.500. The van der Waals surface area contributed by atoms with Crippen LogP contribution >= 0.6 is 11.3 Å². The van der Waals surface area contributed by atoms with Crippen LogP contribution < -0.4 is 4.74 Å². The standard InChI is InChI=1S/C18H24N2O2S/c1-14-6-4-5-7-16(14)22-12-18(21-3)8-9-20(11-18)10-17-15(2)19-13-23-17/h4-7,13H,8-12H2,1-3H3. The van der Waals surface area contributed by atoms with Crippen molar-refractivity contribution in [2.45, 2.75) is 32.4 Å². The van der Waals surface area contributed by atoms with E-state index >= 15 is 0 Å². The number of hydrogen-bond acceptors (Lipinski definition) is 5. The summed E-state index contributed by atoms with van der Waals surface area (Å²) in [7, 11) is 1.79. The predicted octanol–water partition coefficient (Wildman–Crippen LogP) is 3.43. The van der Waals surface area contributed by atoms with E-state index in [1.165, 1.54) is 4.88 Å². The van der Waals surface area contributed by atoms with Gasteiger partial charge < -0.3 is 9.47 Å². The number of aromatic nitrogens is 1. The maximum absolute atomic E-state index is 6.06. The number of benzene rings is 1. The number of nitrogens with zero attached hydrogens (tertiary/aromatic N) is 2. The molecule has 124 valence electrons. The molecule has 2 aromatic rings. The average Bonchev–Trinajstić information content (AvgIpc) is 3.15. The van der Waals surface area contributed by atoms with Gasteiger partial charge in [-0.05, 0) is 31.9 Å². The summed E-state index contributed by atoms with van der Waals surface area (Å²) < 4.78 is 11.9. The number of aryl methyl sites for hydroxylation is 2. The highest BCUT2D eigenvalue weighted by Gasteiger charge is 2.39. The fourth-order valence-corrected chi connectivity index (χ4v) is 3.83. The molecule has 0 spiro atoms. The topological polar surface area (TPSA) is 34.6 Å². The summed E-state index contributed by atoms with van der Waals surface area (Å²) in [5, 5.41) is 0. The fourth-order valence-electron chi connectivity index (χ4n) is 3.01. The highest BCUT2D eigenvalue weighted by molar-refractivity contribution is 7.09. The van der Waals surface area contributed by atoms with E-state index in [0.29, 0.717) is 6.61 Å². The van der Waals surface area contributed by atoms with Crippen molar-refractivity contribution < 1.29 is 9.47 Å². The Labute approximate surface area is 142 Å². The van der Waals surface area contributed by atoms with Crippen LogP contribution in [0.25, 0.3) is 0 Å². The molecule has 0 N–H and O–H groups in total. The number of ether oxygens (including phenoxy) is 2. The number of hydrogen-bond donors (Lipinski definition) is 0. The quantitative estimate of drug-likeness (QED) is 0.812. The van der Waals surface area contributed by atoms with Crippen LogP contribution in [0.15, 0.2) is 29.8 Å². The zero-order valence-corrected chi connectivity index (χ0v) is 14.9. The van der Waals surface area contributed by atoms with Crippen molar-refractivity contribution in [1.82, 2.24) is 9.88 Å². The third-order valence-electron chi connectivity index (χ3n) is 4.62. The average molecular weight is 332 g/mol. The molecule has 3 rings (SSSR count). The maximum atomic E-state index is 6.06. The highest BCUT2D eigenvalue weighted by atomic mass is 32.1. The van der Waals surface area contributed by atoms with Gasteiger partial charge in [-0.3, -0.25) is 4.90 Å². The predicted molar refractivity (Wildman–Crippen MR) is 93.2 cm³/mol. The molecule has 1 aliphatic rings. The van der Waals surface area contributed by atoms with Gasteiger partial charge in [0, 0.05) is 31.6 Å². The monoisotopic (exact) mass is 332 g/mol. The second-order valence-electron chi connectivity index (χ2n) is 6.26. The largest absolute Gasteiger partial charge is 0.490 e. The minimum atomic E-state index is -0.221. The Morgan fingerprint density at radius 2 is 2.13 bits per heavy atom. The van der Waals surface area contributed by atoms with Crippen molar-refractivity contribution >= 4 is 11.3 Å². The van der Waals surface area contributed by atoms with E-state index in [1.54, 1.807) is 18.4 Å². The Hall–Kier alpha value is -1.43. The molecule has 5 heteroatoms. The number of thiazole rings is 1. The van der Waals surface area contributed by atoms with E-state index in [4.69, 9.17) is 9.47 Å². The molecule has 0 saturated carbocycles. The van der Waals surface area contributed by atoms with Crippen molar-refractivity contribution in [3.8, 4) is 5.75 Å². The van der Waals surface area contributed by atoms with Gasteiger partial charge in [0.25, 0.3) is 0 Å². The molecule has 0 amide bonds. The first-order valence-electron chi connectivity index (χ1n) is 7.97. The van der Waals surface area contributed by atoms with Crippen LogP contribution in [0.1, 0.15) is 22.6 Å². The zero-order valence-electron chi connectivity index (χ0n) is 14.0. The number of methoxy groups -OCH3 is 1. The lowest BCUT2D eigenvalue weighted by atomic mass is 10.0. The lowest BCUT2D eigenvalue weighted by molar-refractivity contribution is -0.0360. The van der Waals surface area contributed by atoms with Gasteiger partial charge in [0.1, 0.15) is 18.0 Å². The van der Waals surface area contributed by atoms with Crippen LogP contribution in [0, 0.1) is 13.8 Å². The van der Waals surface area contributed by atoms with E-state index in [-0.39, 0.29) is 5.60 Å². The smallest absolute Gasteiger partial charge is 0.122 e. The molecule has 1 aromatic heterocycles. The first-order chi connectivity index (χ1) is 11.1. The number of rotatable bonds is 6.